The highest BCUT2D eigenvalue weighted by Gasteiger charge is 2.34. The van der Waals surface area contributed by atoms with Crippen molar-refractivity contribution in [2.45, 2.75) is 39.7 Å². The Bertz CT molecular complexity index is 582. The number of benzene rings is 1. The predicted octanol–water partition coefficient (Wildman–Crippen LogP) is 2.49. The Labute approximate surface area is 144 Å². The van der Waals surface area contributed by atoms with Crippen LogP contribution in [0.2, 0.25) is 0 Å². The molecule has 1 aliphatic rings. The summed E-state index contributed by atoms with van der Waals surface area (Å²) >= 11 is 0. The number of amides is 1. The molecule has 0 spiro atoms. The zero-order valence-electron chi connectivity index (χ0n) is 15.0. The Morgan fingerprint density at radius 2 is 1.71 bits per heavy atom. The van der Waals surface area contributed by atoms with Crippen molar-refractivity contribution in [3.05, 3.63) is 29.8 Å². The van der Waals surface area contributed by atoms with Crippen LogP contribution in [-0.2, 0) is 4.79 Å². The number of rotatable bonds is 4. The van der Waals surface area contributed by atoms with Crippen LogP contribution in [-0.4, -0.2) is 42.8 Å². The number of likely N-dealkylation sites (tertiary alicyclic amines) is 1. The number of ketones is 1. The fraction of sp³-hybridized carbons (Fsp3) is 0.579. The Balaban J connectivity index is 1.94. The van der Waals surface area contributed by atoms with Crippen molar-refractivity contribution < 1.29 is 14.3 Å². The molecule has 0 bridgehead atoms. The largest absolute Gasteiger partial charge is 0.497 e. The molecule has 1 aromatic rings. The molecule has 0 saturated carbocycles. The van der Waals surface area contributed by atoms with Gasteiger partial charge in [0.05, 0.1) is 13.2 Å². The Morgan fingerprint density at radius 3 is 2.17 bits per heavy atom. The number of ether oxygens (including phenoxy) is 1. The van der Waals surface area contributed by atoms with Gasteiger partial charge in [-0.05, 0) is 42.5 Å². The number of nitrogens with two attached hydrogens (primary N) is 1. The fourth-order valence-electron chi connectivity index (χ4n) is 2.92. The molecule has 1 aliphatic heterocycles. The molecule has 24 heavy (non-hydrogen) atoms. The van der Waals surface area contributed by atoms with E-state index in [1.54, 1.807) is 36.3 Å². The summed E-state index contributed by atoms with van der Waals surface area (Å²) in [6.07, 6.45) is 1.38. The predicted molar refractivity (Wildman–Crippen MR) is 94.1 cm³/mol. The van der Waals surface area contributed by atoms with Crippen LogP contribution in [0.1, 0.15) is 44.0 Å². The van der Waals surface area contributed by atoms with Crippen molar-refractivity contribution >= 4 is 11.7 Å². The third-order valence-corrected chi connectivity index (χ3v) is 4.75. The molecule has 2 rings (SSSR count). The van der Waals surface area contributed by atoms with Gasteiger partial charge in [-0.3, -0.25) is 9.59 Å². The number of carbonyl (C=O) groups excluding carboxylic acids is 2. The number of Topliss-reactive ketones (excluding diaryl/α,β-unsaturated/α-hetero) is 1. The Kier molecular flexibility index (Phi) is 5.65. The van der Waals surface area contributed by atoms with E-state index >= 15 is 0 Å². The standard InChI is InChI=1S/C19H28N2O3/c1-19(2,3)17(20)18(23)21-11-9-14(10-12-21)16(22)13-5-7-15(24-4)8-6-13/h5-8,14,17H,9-12,20H2,1-4H3. The number of hydrogen-bond acceptors (Lipinski definition) is 4. The van der Waals surface area contributed by atoms with Crippen molar-refractivity contribution in [3.8, 4) is 5.75 Å². The van der Waals surface area contributed by atoms with Gasteiger partial charge >= 0.3 is 0 Å². The molecular formula is C19H28N2O3. The third-order valence-electron chi connectivity index (χ3n) is 4.75. The van der Waals surface area contributed by atoms with Gasteiger partial charge in [-0.2, -0.15) is 0 Å². The summed E-state index contributed by atoms with van der Waals surface area (Å²) in [4.78, 5) is 26.9. The molecule has 1 saturated heterocycles. The molecule has 1 aromatic carbocycles. The molecule has 1 heterocycles. The number of carbonyl (C=O) groups is 2. The SMILES string of the molecule is COc1ccc(C(=O)C2CCN(C(=O)C(N)C(C)(C)C)CC2)cc1. The average molecular weight is 332 g/mol. The first-order chi connectivity index (χ1) is 11.2. The van der Waals surface area contributed by atoms with Crippen molar-refractivity contribution in [2.75, 3.05) is 20.2 Å². The van der Waals surface area contributed by atoms with E-state index in [0.29, 0.717) is 31.5 Å². The summed E-state index contributed by atoms with van der Waals surface area (Å²) in [5.74, 6) is 0.833. The minimum Gasteiger partial charge on any atom is -0.497 e. The van der Waals surface area contributed by atoms with E-state index in [0.717, 1.165) is 5.75 Å². The number of nitrogens with zero attached hydrogens (tertiary/aromatic N) is 1. The van der Waals surface area contributed by atoms with E-state index in [1.165, 1.54) is 0 Å². The molecule has 1 amide bonds. The molecular weight excluding hydrogens is 304 g/mol. The lowest BCUT2D eigenvalue weighted by atomic mass is 9.85. The second-order valence-electron chi connectivity index (χ2n) is 7.54. The van der Waals surface area contributed by atoms with Gasteiger partial charge in [0.15, 0.2) is 5.78 Å². The maximum absolute atomic E-state index is 12.6. The smallest absolute Gasteiger partial charge is 0.240 e. The fourth-order valence-corrected chi connectivity index (χ4v) is 2.92. The summed E-state index contributed by atoms with van der Waals surface area (Å²) in [5, 5.41) is 0. The lowest BCUT2D eigenvalue weighted by Gasteiger charge is -2.36. The minimum absolute atomic E-state index is 0.0159. The topological polar surface area (TPSA) is 72.6 Å². The molecule has 0 aromatic heterocycles. The van der Waals surface area contributed by atoms with Crippen LogP contribution in [0.4, 0.5) is 0 Å². The first-order valence-corrected chi connectivity index (χ1v) is 8.46. The van der Waals surface area contributed by atoms with Crippen molar-refractivity contribution in [2.24, 2.45) is 17.1 Å². The molecule has 5 nitrogen and oxygen atoms in total. The highest BCUT2D eigenvalue weighted by atomic mass is 16.5. The molecule has 1 atom stereocenters. The highest BCUT2D eigenvalue weighted by Crippen LogP contribution is 2.25. The van der Waals surface area contributed by atoms with Gasteiger partial charge in [-0.25, -0.2) is 0 Å². The Morgan fingerprint density at radius 1 is 1.17 bits per heavy atom. The first-order valence-electron chi connectivity index (χ1n) is 8.46. The zero-order chi connectivity index (χ0) is 17.9. The van der Waals surface area contributed by atoms with Crippen molar-refractivity contribution in [1.29, 1.82) is 0 Å². The van der Waals surface area contributed by atoms with Crippen LogP contribution in [0.25, 0.3) is 0 Å². The second-order valence-corrected chi connectivity index (χ2v) is 7.54. The van der Waals surface area contributed by atoms with Crippen LogP contribution >= 0.6 is 0 Å². The molecule has 1 fully saturated rings. The summed E-state index contributed by atoms with van der Waals surface area (Å²) in [6.45, 7) is 7.09. The minimum atomic E-state index is -0.508. The maximum atomic E-state index is 12.6. The van der Waals surface area contributed by atoms with Gasteiger partial charge < -0.3 is 15.4 Å². The van der Waals surface area contributed by atoms with Gasteiger partial charge in [-0.15, -0.1) is 0 Å². The van der Waals surface area contributed by atoms with Gasteiger partial charge in [0.25, 0.3) is 0 Å². The Hall–Kier alpha value is -1.88. The molecule has 0 aliphatic carbocycles. The van der Waals surface area contributed by atoms with Gasteiger partial charge in [0.2, 0.25) is 5.91 Å². The van der Waals surface area contributed by atoms with Crippen molar-refractivity contribution in [1.82, 2.24) is 4.90 Å². The van der Waals surface area contributed by atoms with Crippen LogP contribution in [0, 0.1) is 11.3 Å². The number of hydrogen-bond donors (Lipinski definition) is 1. The normalized spacial score (nSPS) is 17.5. The number of methoxy groups -OCH3 is 1. The lowest BCUT2D eigenvalue weighted by Crippen LogP contribution is -2.52. The van der Waals surface area contributed by atoms with Crippen molar-refractivity contribution in [3.63, 3.8) is 0 Å². The van der Waals surface area contributed by atoms with E-state index in [2.05, 4.69) is 0 Å². The van der Waals surface area contributed by atoms with Crippen LogP contribution < -0.4 is 10.5 Å². The first kappa shape index (κ1) is 18.5. The lowest BCUT2D eigenvalue weighted by molar-refractivity contribution is -0.136. The summed E-state index contributed by atoms with van der Waals surface area (Å²) in [7, 11) is 1.60. The van der Waals surface area contributed by atoms with E-state index in [4.69, 9.17) is 10.5 Å². The molecule has 0 radical (unpaired) electrons. The number of piperidine rings is 1. The molecule has 2 N–H and O–H groups in total. The van der Waals surface area contributed by atoms with Gasteiger partial charge in [-0.1, -0.05) is 20.8 Å². The summed E-state index contributed by atoms with van der Waals surface area (Å²) in [5.41, 5.74) is 6.51. The van der Waals surface area contributed by atoms with Gasteiger partial charge in [0.1, 0.15) is 5.75 Å². The zero-order valence-corrected chi connectivity index (χ0v) is 15.0. The van der Waals surface area contributed by atoms with Crippen LogP contribution in [0.3, 0.4) is 0 Å². The quantitative estimate of drug-likeness (QED) is 0.860. The highest BCUT2D eigenvalue weighted by molar-refractivity contribution is 5.98. The average Bonchev–Trinajstić information content (AvgIpc) is 2.59. The van der Waals surface area contributed by atoms with E-state index < -0.39 is 6.04 Å². The van der Waals surface area contributed by atoms with Crippen LogP contribution in [0.5, 0.6) is 5.75 Å². The van der Waals surface area contributed by atoms with E-state index in [1.807, 2.05) is 20.8 Å². The third kappa shape index (κ3) is 4.15. The monoisotopic (exact) mass is 332 g/mol. The summed E-state index contributed by atoms with van der Waals surface area (Å²) < 4.78 is 5.12. The maximum Gasteiger partial charge on any atom is 0.240 e. The van der Waals surface area contributed by atoms with E-state index in [9.17, 15) is 9.59 Å². The second kappa shape index (κ2) is 7.34. The summed E-state index contributed by atoms with van der Waals surface area (Å²) in [6, 6.07) is 6.69. The van der Waals surface area contributed by atoms with Gasteiger partial charge in [0, 0.05) is 24.6 Å². The van der Waals surface area contributed by atoms with Crippen LogP contribution in [0.15, 0.2) is 24.3 Å². The molecule has 1 unspecified atom stereocenters. The van der Waals surface area contributed by atoms with E-state index in [-0.39, 0.29) is 23.0 Å². The molecule has 132 valence electrons. The molecule has 5 heteroatoms.